The van der Waals surface area contributed by atoms with Crippen LogP contribution in [0.15, 0.2) is 54.6 Å². The summed E-state index contributed by atoms with van der Waals surface area (Å²) in [6.45, 7) is 0.0710. The molecule has 4 rings (SSSR count). The highest BCUT2D eigenvalue weighted by Gasteiger charge is 2.36. The van der Waals surface area contributed by atoms with E-state index in [1.807, 2.05) is 0 Å². The van der Waals surface area contributed by atoms with Gasteiger partial charge < -0.3 is 9.80 Å². The molecular weight excluding hydrogens is 490 g/mol. The molecule has 0 saturated carbocycles. The van der Waals surface area contributed by atoms with Gasteiger partial charge in [-0.05, 0) is 42.0 Å². The molecule has 0 N–H and O–H groups in total. The van der Waals surface area contributed by atoms with Crippen LogP contribution < -0.4 is 9.80 Å². The minimum atomic E-state index is -2.27. The zero-order chi connectivity index (χ0) is 25.5. The lowest BCUT2D eigenvalue weighted by Crippen LogP contribution is -2.56. The van der Waals surface area contributed by atoms with Gasteiger partial charge in [-0.15, -0.1) is 0 Å². The van der Waals surface area contributed by atoms with E-state index in [2.05, 4.69) is 0 Å². The molecule has 0 aromatic heterocycles. The maximum Gasteiger partial charge on any atom is 0.261 e. The monoisotopic (exact) mass is 504 g/mol. The van der Waals surface area contributed by atoms with Crippen molar-refractivity contribution in [2.24, 2.45) is 0 Å². The molecule has 3 aromatic carbocycles. The molecule has 11 heteroatoms. The number of alkyl halides is 1. The first-order chi connectivity index (χ1) is 16.5. The summed E-state index contributed by atoms with van der Waals surface area (Å²) in [5.74, 6) is -1.87. The summed E-state index contributed by atoms with van der Waals surface area (Å²) < 4.78 is 28.4. The normalized spacial score (nSPS) is 13.9. The molecule has 1 fully saturated rings. The average Bonchev–Trinajstić information content (AvgIpc) is 2.77. The molecule has 35 heavy (non-hydrogen) atoms. The Hall–Kier alpha value is -2.77. The summed E-state index contributed by atoms with van der Waals surface area (Å²) in [7, 11) is 17.9. The maximum atomic E-state index is 14.6. The quantitative estimate of drug-likeness (QED) is 0.366. The number of hydrogen-bond donors (Lipinski definition) is 0. The molecule has 4 nitrogen and oxygen atoms in total. The summed E-state index contributed by atoms with van der Waals surface area (Å²) in [4.78, 5) is 27.2. The lowest BCUT2D eigenvalue weighted by Gasteiger charge is -2.43. The number of carbonyl (C=O) groups excluding carboxylic acids is 2. The SMILES string of the molecule is [B]C([B])([B])N(C(=O)c1c(F)cccc1Cl)c1ccc(-c2cc(C=O)ccc2Cl)cc1N1CC(F)C1. The molecule has 3 aromatic rings. The van der Waals surface area contributed by atoms with Crippen molar-refractivity contribution in [3.8, 4) is 11.1 Å². The van der Waals surface area contributed by atoms with E-state index in [1.54, 1.807) is 35.2 Å². The number of hydrogen-bond acceptors (Lipinski definition) is 3. The zero-order valence-electron chi connectivity index (χ0n) is 18.2. The topological polar surface area (TPSA) is 40.6 Å². The van der Waals surface area contributed by atoms with Crippen LogP contribution >= 0.6 is 23.2 Å². The fourth-order valence-electron chi connectivity index (χ4n) is 3.90. The minimum Gasteiger partial charge on any atom is -0.364 e. The maximum absolute atomic E-state index is 14.6. The van der Waals surface area contributed by atoms with Crippen LogP contribution in [0, 0.1) is 5.82 Å². The summed E-state index contributed by atoms with van der Waals surface area (Å²) >= 11 is 12.5. The number of rotatable bonds is 6. The largest absolute Gasteiger partial charge is 0.364 e. The summed E-state index contributed by atoms with van der Waals surface area (Å²) in [5, 5.41) is -2.06. The molecule has 1 heterocycles. The number of benzene rings is 3. The Labute approximate surface area is 215 Å². The lowest BCUT2D eigenvalue weighted by atomic mass is 9.48. The van der Waals surface area contributed by atoms with Gasteiger partial charge >= 0.3 is 0 Å². The van der Waals surface area contributed by atoms with Crippen molar-refractivity contribution in [2.45, 2.75) is 11.4 Å². The third-order valence-electron chi connectivity index (χ3n) is 5.60. The van der Waals surface area contributed by atoms with Gasteiger partial charge in [0, 0.05) is 16.1 Å². The van der Waals surface area contributed by atoms with Crippen molar-refractivity contribution in [1.82, 2.24) is 0 Å². The standard InChI is InChI=1S/C24H15B3Cl2F2N2O2/c25-24(26,27)33(23(35)22-18(29)2-1-3-19(22)31)20-7-5-14(9-21(20)32-10-15(30)11-32)16-8-13(12-34)4-6-17(16)28/h1-9,12,15H,10-11H2. The fourth-order valence-corrected chi connectivity index (χ4v) is 4.37. The predicted molar refractivity (Wildman–Crippen MR) is 138 cm³/mol. The number of carbonyl (C=O) groups is 2. The van der Waals surface area contributed by atoms with E-state index in [1.165, 1.54) is 18.2 Å². The van der Waals surface area contributed by atoms with Gasteiger partial charge in [0.1, 0.15) is 18.3 Å². The van der Waals surface area contributed by atoms with Gasteiger partial charge in [-0.1, -0.05) is 46.6 Å². The van der Waals surface area contributed by atoms with Crippen LogP contribution in [0.5, 0.6) is 0 Å². The minimum absolute atomic E-state index is 0.0355. The third kappa shape index (κ3) is 4.98. The Bertz CT molecular complexity index is 1290. The van der Waals surface area contributed by atoms with E-state index in [-0.39, 0.29) is 23.8 Å². The van der Waals surface area contributed by atoms with Crippen LogP contribution in [0.3, 0.4) is 0 Å². The van der Waals surface area contributed by atoms with Crippen LogP contribution in [-0.2, 0) is 0 Å². The third-order valence-corrected chi connectivity index (χ3v) is 6.24. The molecular formula is C24H15B3Cl2F2N2O2. The van der Waals surface area contributed by atoms with Crippen molar-refractivity contribution in [1.29, 1.82) is 0 Å². The van der Waals surface area contributed by atoms with Crippen LogP contribution in [0.4, 0.5) is 20.2 Å². The highest BCUT2D eigenvalue weighted by Crippen LogP contribution is 2.41. The molecule has 1 aliphatic rings. The second-order valence-corrected chi connectivity index (χ2v) is 9.00. The average molecular weight is 505 g/mol. The van der Waals surface area contributed by atoms with E-state index in [4.69, 9.17) is 46.7 Å². The van der Waals surface area contributed by atoms with Gasteiger partial charge in [-0.3, -0.25) is 9.59 Å². The van der Waals surface area contributed by atoms with Crippen molar-refractivity contribution < 1.29 is 18.4 Å². The molecule has 170 valence electrons. The van der Waals surface area contributed by atoms with E-state index < -0.39 is 28.7 Å². The molecule has 1 amide bonds. The number of anilines is 2. The van der Waals surface area contributed by atoms with E-state index in [9.17, 15) is 18.4 Å². The molecule has 0 aliphatic carbocycles. The van der Waals surface area contributed by atoms with Crippen molar-refractivity contribution in [3.63, 3.8) is 0 Å². The predicted octanol–water partition coefficient (Wildman–Crippen LogP) is 4.53. The second-order valence-electron chi connectivity index (χ2n) is 8.19. The molecule has 1 aliphatic heterocycles. The van der Waals surface area contributed by atoms with Crippen molar-refractivity contribution in [2.75, 3.05) is 22.9 Å². The molecule has 0 bridgehead atoms. The summed E-state index contributed by atoms with van der Waals surface area (Å²) in [5.41, 5.74) is 1.52. The van der Waals surface area contributed by atoms with E-state index in [0.717, 1.165) is 11.0 Å². The van der Waals surface area contributed by atoms with Crippen LogP contribution in [0.25, 0.3) is 11.1 Å². The Morgan fingerprint density at radius 3 is 2.37 bits per heavy atom. The Balaban J connectivity index is 1.90. The van der Waals surface area contributed by atoms with Crippen molar-refractivity contribution in [3.05, 3.63) is 81.6 Å². The lowest BCUT2D eigenvalue weighted by molar-refractivity contribution is 0.0982. The molecule has 0 unspecified atom stereocenters. The second kappa shape index (κ2) is 9.71. The van der Waals surface area contributed by atoms with E-state index >= 15 is 0 Å². The number of halogens is 4. The zero-order valence-corrected chi connectivity index (χ0v) is 19.7. The van der Waals surface area contributed by atoms with Gasteiger partial charge in [0.2, 0.25) is 0 Å². The van der Waals surface area contributed by atoms with E-state index in [0.29, 0.717) is 33.7 Å². The molecule has 0 spiro atoms. The Kier molecular flexibility index (Phi) is 7.03. The van der Waals surface area contributed by atoms with Gasteiger partial charge in [-0.25, -0.2) is 8.78 Å². The van der Waals surface area contributed by atoms with Gasteiger partial charge in [0.15, 0.2) is 0 Å². The van der Waals surface area contributed by atoms with Crippen LogP contribution in [0.2, 0.25) is 10.0 Å². The number of nitrogens with zero attached hydrogens (tertiary/aromatic N) is 2. The van der Waals surface area contributed by atoms with Crippen LogP contribution in [0.1, 0.15) is 20.7 Å². The number of aldehydes is 1. The molecule has 0 atom stereocenters. The first-order valence-electron chi connectivity index (χ1n) is 10.4. The molecule has 1 saturated heterocycles. The Morgan fingerprint density at radius 2 is 1.77 bits per heavy atom. The van der Waals surface area contributed by atoms with Gasteiger partial charge in [-0.2, -0.15) is 0 Å². The fraction of sp³-hybridized carbons (Fsp3) is 0.167. The number of amides is 1. The van der Waals surface area contributed by atoms with Gasteiger partial charge in [0.05, 0.1) is 58.6 Å². The highest BCUT2D eigenvalue weighted by molar-refractivity contribution is 6.62. The first kappa shape index (κ1) is 25.3. The first-order valence-corrected chi connectivity index (χ1v) is 11.2. The Morgan fingerprint density at radius 1 is 1.06 bits per heavy atom. The highest BCUT2D eigenvalue weighted by atomic mass is 35.5. The van der Waals surface area contributed by atoms with Crippen molar-refractivity contribution >= 4 is 70.3 Å². The smallest absolute Gasteiger partial charge is 0.261 e. The van der Waals surface area contributed by atoms with Gasteiger partial charge in [0.25, 0.3) is 5.91 Å². The summed E-state index contributed by atoms with van der Waals surface area (Å²) in [6.07, 6.45) is -0.403. The molecule has 6 radical (unpaired) electrons. The summed E-state index contributed by atoms with van der Waals surface area (Å²) in [6, 6.07) is 13.3. The van der Waals surface area contributed by atoms with Crippen LogP contribution in [-0.4, -0.2) is 60.2 Å².